The van der Waals surface area contributed by atoms with E-state index in [-0.39, 0.29) is 35.0 Å². The molecule has 38 heavy (non-hydrogen) atoms. The normalized spacial score (nSPS) is 15.7. The van der Waals surface area contributed by atoms with Gasteiger partial charge in [0.15, 0.2) is 16.9 Å². The number of benzene rings is 1. The van der Waals surface area contributed by atoms with Crippen LogP contribution in [0.5, 0.6) is 0 Å². The second-order valence-electron chi connectivity index (χ2n) is 9.68. The Kier molecular flexibility index (Phi) is 6.32. The van der Waals surface area contributed by atoms with E-state index < -0.39 is 23.6 Å². The number of anilines is 1. The minimum Gasteiger partial charge on any atom is -0.341 e. The quantitative estimate of drug-likeness (QED) is 0.288. The molecule has 0 saturated carbocycles. The van der Waals surface area contributed by atoms with Gasteiger partial charge in [0.2, 0.25) is 5.95 Å². The topological polar surface area (TPSA) is 135 Å². The van der Waals surface area contributed by atoms with Crippen molar-refractivity contribution in [2.24, 2.45) is 26.9 Å². The first-order chi connectivity index (χ1) is 18.1. The summed E-state index contributed by atoms with van der Waals surface area (Å²) in [6.07, 6.45) is 1.79. The number of Topliss-reactive ketones (excluding diaryl/α,β-unsaturated/α-hetero) is 1. The zero-order chi connectivity index (χ0) is 27.3. The molecule has 5 rings (SSSR count). The summed E-state index contributed by atoms with van der Waals surface area (Å²) < 4.78 is 6.75. The Hall–Kier alpha value is -4.37. The summed E-state index contributed by atoms with van der Waals surface area (Å²) >= 11 is 0. The average Bonchev–Trinajstić information content (AvgIpc) is 3.40. The van der Waals surface area contributed by atoms with E-state index in [1.54, 1.807) is 43.8 Å². The van der Waals surface area contributed by atoms with E-state index in [2.05, 4.69) is 16.8 Å². The zero-order valence-electron chi connectivity index (χ0n) is 21.9. The lowest BCUT2D eigenvalue weighted by atomic mass is 10.1. The number of ketones is 1. The molecule has 0 radical (unpaired) electrons. The van der Waals surface area contributed by atoms with Crippen molar-refractivity contribution in [3.63, 3.8) is 0 Å². The molecule has 1 aliphatic heterocycles. The van der Waals surface area contributed by atoms with Gasteiger partial charge in [-0.3, -0.25) is 32.4 Å². The number of carbonyl (C=O) groups excluding carboxylic acids is 1. The molecule has 1 fully saturated rings. The number of nitrogens with two attached hydrogens (primary N) is 1. The summed E-state index contributed by atoms with van der Waals surface area (Å²) in [6.45, 7) is 2.71. The molecule has 1 saturated heterocycles. The van der Waals surface area contributed by atoms with Crippen molar-refractivity contribution in [1.82, 2.24) is 27.8 Å². The van der Waals surface area contributed by atoms with Crippen molar-refractivity contribution in [1.29, 1.82) is 0 Å². The molecule has 12 nitrogen and oxygen atoms in total. The van der Waals surface area contributed by atoms with Gasteiger partial charge in [-0.2, -0.15) is 4.98 Å². The fourth-order valence-electron chi connectivity index (χ4n) is 5.27. The summed E-state index contributed by atoms with van der Waals surface area (Å²) in [5, 5.41) is 0. The predicted octanol–water partition coefficient (Wildman–Crippen LogP) is -0.0792. The smallest absolute Gasteiger partial charge is 0.332 e. The molecule has 0 aliphatic carbocycles. The Morgan fingerprint density at radius 2 is 1.82 bits per heavy atom. The van der Waals surface area contributed by atoms with E-state index in [1.165, 1.54) is 20.7 Å². The first kappa shape index (κ1) is 25.3. The monoisotopic (exact) mass is 518 g/mol. The summed E-state index contributed by atoms with van der Waals surface area (Å²) in [7, 11) is 4.74. The highest BCUT2D eigenvalue weighted by Crippen LogP contribution is 2.23. The zero-order valence-corrected chi connectivity index (χ0v) is 21.9. The maximum Gasteiger partial charge on any atom is 0.332 e. The third kappa shape index (κ3) is 3.86. The van der Waals surface area contributed by atoms with Crippen LogP contribution >= 0.6 is 0 Å². The van der Waals surface area contributed by atoms with Crippen LogP contribution in [0.15, 0.2) is 32.6 Å². The minimum absolute atomic E-state index is 0.0240. The molecule has 1 aliphatic rings. The lowest BCUT2D eigenvalue weighted by Gasteiger charge is -2.31. The third-order valence-electron chi connectivity index (χ3n) is 7.25. The van der Waals surface area contributed by atoms with E-state index in [4.69, 9.17) is 5.73 Å². The molecular weight excluding hydrogens is 488 g/mol. The van der Waals surface area contributed by atoms with Crippen molar-refractivity contribution in [2.75, 3.05) is 18.0 Å². The number of para-hydroxylation sites is 1. The van der Waals surface area contributed by atoms with E-state index in [0.29, 0.717) is 23.5 Å². The molecule has 1 unspecified atom stereocenters. The van der Waals surface area contributed by atoms with Crippen LogP contribution in [0.3, 0.4) is 0 Å². The number of aromatic nitrogens is 6. The number of nitrogens with zero attached hydrogens (tertiary/aromatic N) is 7. The number of piperidine rings is 1. The fraction of sp³-hybridized carbons (Fsp3) is 0.423. The summed E-state index contributed by atoms with van der Waals surface area (Å²) in [5.74, 6) is 5.91. The molecule has 0 bridgehead atoms. The second-order valence-corrected chi connectivity index (χ2v) is 9.68. The Morgan fingerprint density at radius 1 is 1.05 bits per heavy atom. The van der Waals surface area contributed by atoms with Crippen LogP contribution in [-0.4, -0.2) is 52.7 Å². The summed E-state index contributed by atoms with van der Waals surface area (Å²) in [5.41, 5.74) is 6.35. The average molecular weight is 519 g/mol. The molecule has 1 aromatic carbocycles. The number of rotatable bonds is 5. The van der Waals surface area contributed by atoms with Crippen LogP contribution in [0.1, 0.15) is 30.1 Å². The predicted molar refractivity (Wildman–Crippen MR) is 145 cm³/mol. The van der Waals surface area contributed by atoms with Gasteiger partial charge in [0.1, 0.15) is 0 Å². The van der Waals surface area contributed by atoms with Crippen molar-refractivity contribution in [3.8, 4) is 11.8 Å². The highest BCUT2D eigenvalue weighted by atomic mass is 16.2. The van der Waals surface area contributed by atoms with Gasteiger partial charge < -0.3 is 10.6 Å². The van der Waals surface area contributed by atoms with Crippen molar-refractivity contribution in [2.45, 2.75) is 38.9 Å². The van der Waals surface area contributed by atoms with Gasteiger partial charge in [0.25, 0.3) is 5.56 Å². The van der Waals surface area contributed by atoms with Crippen LogP contribution in [0.2, 0.25) is 0 Å². The molecule has 198 valence electrons. The van der Waals surface area contributed by atoms with Crippen molar-refractivity contribution >= 4 is 33.9 Å². The molecule has 0 amide bonds. The molecule has 4 aromatic rings. The van der Waals surface area contributed by atoms with Crippen molar-refractivity contribution in [3.05, 3.63) is 55.1 Å². The Balaban J connectivity index is 1.67. The van der Waals surface area contributed by atoms with Crippen LogP contribution in [0.4, 0.5) is 5.95 Å². The van der Waals surface area contributed by atoms with Crippen molar-refractivity contribution < 1.29 is 4.79 Å². The first-order valence-corrected chi connectivity index (χ1v) is 12.4. The van der Waals surface area contributed by atoms with Crippen LogP contribution in [0.25, 0.3) is 22.2 Å². The molecule has 0 spiro atoms. The third-order valence-corrected chi connectivity index (χ3v) is 7.25. The van der Waals surface area contributed by atoms with Gasteiger partial charge in [-0.15, -0.1) is 5.92 Å². The Bertz CT molecular complexity index is 1840. The maximum absolute atomic E-state index is 13.8. The number of fused-ring (bicyclic) bond motifs is 2. The van der Waals surface area contributed by atoms with Gasteiger partial charge in [-0.05, 0) is 31.9 Å². The van der Waals surface area contributed by atoms with Gasteiger partial charge in [0, 0.05) is 45.8 Å². The first-order valence-electron chi connectivity index (χ1n) is 12.4. The van der Waals surface area contributed by atoms with Gasteiger partial charge in [-0.25, -0.2) is 9.59 Å². The van der Waals surface area contributed by atoms with Crippen LogP contribution < -0.4 is 27.6 Å². The molecule has 3 aromatic heterocycles. The molecule has 12 heteroatoms. The number of aryl methyl sites for hydroxylation is 3. The summed E-state index contributed by atoms with van der Waals surface area (Å²) in [6, 6.07) is 4.99. The number of hydrogen-bond acceptors (Lipinski definition) is 7. The molecule has 1 atom stereocenters. The second kappa shape index (κ2) is 9.50. The molecule has 4 heterocycles. The van der Waals surface area contributed by atoms with Crippen LogP contribution in [0, 0.1) is 11.8 Å². The largest absolute Gasteiger partial charge is 0.341 e. The lowest BCUT2D eigenvalue weighted by molar-refractivity contribution is 0.0970. The fourth-order valence-corrected chi connectivity index (χ4v) is 5.27. The van der Waals surface area contributed by atoms with E-state index in [9.17, 15) is 19.2 Å². The van der Waals surface area contributed by atoms with E-state index in [1.807, 2.05) is 4.90 Å². The minimum atomic E-state index is -0.655. The number of carbonyl (C=O) groups is 1. The van der Waals surface area contributed by atoms with Gasteiger partial charge in [0.05, 0.1) is 24.1 Å². The van der Waals surface area contributed by atoms with E-state index in [0.717, 1.165) is 24.0 Å². The SMILES string of the molecule is CC#CCn1c(N2CCCC(N)C2)nc2c1c(=O)n(CC(=O)c1cccc3c1n(C)c(=O)n3C)c(=O)n2C. The Labute approximate surface area is 217 Å². The molecular formula is C26H30N8O4. The van der Waals surface area contributed by atoms with Gasteiger partial charge in [-0.1, -0.05) is 12.0 Å². The highest BCUT2D eigenvalue weighted by Gasteiger charge is 2.27. The number of hydrogen-bond donors (Lipinski definition) is 1. The van der Waals surface area contributed by atoms with Gasteiger partial charge >= 0.3 is 11.4 Å². The maximum atomic E-state index is 13.8. The van der Waals surface area contributed by atoms with E-state index >= 15 is 0 Å². The summed E-state index contributed by atoms with van der Waals surface area (Å²) in [4.78, 5) is 59.8. The Morgan fingerprint density at radius 3 is 2.53 bits per heavy atom. The lowest BCUT2D eigenvalue weighted by Crippen LogP contribution is -2.44. The standard InChI is InChI=1S/C26H30N8O4/c1-5-6-13-33-21-22(28-24(33)32-12-8-9-16(27)14-32)31(4)26(38)34(23(21)36)15-19(35)17-10-7-11-18-20(17)30(3)25(37)29(18)2/h7,10-11,16H,8-9,12-15,27H2,1-4H3. The highest BCUT2D eigenvalue weighted by molar-refractivity contribution is 6.06. The molecule has 2 N–H and O–H groups in total. The van der Waals surface area contributed by atoms with Crippen LogP contribution in [-0.2, 0) is 34.2 Å². The number of imidazole rings is 2.